The first-order valence-corrected chi connectivity index (χ1v) is 8.77. The Morgan fingerprint density at radius 2 is 2.16 bits per heavy atom. The molecule has 0 aromatic carbocycles. The Morgan fingerprint density at radius 3 is 2.58 bits per heavy atom. The van der Waals surface area contributed by atoms with E-state index in [1.807, 2.05) is 13.8 Å². The smallest absolute Gasteiger partial charge is 0.345 e. The Bertz CT molecular complexity index is 567. The van der Waals surface area contributed by atoms with E-state index in [0.29, 0.717) is 3.79 Å². The van der Waals surface area contributed by atoms with Gasteiger partial charge in [0.1, 0.15) is 9.77 Å². The lowest BCUT2D eigenvalue weighted by Crippen LogP contribution is -2.34. The van der Waals surface area contributed by atoms with E-state index in [2.05, 4.69) is 15.9 Å². The molecule has 1 heterocycles. The number of carboxylic acids is 1. The Balaban J connectivity index is 3.16. The largest absolute Gasteiger partial charge is 0.477 e. The predicted octanol–water partition coefficient (Wildman–Crippen LogP) is 3.02. The summed E-state index contributed by atoms with van der Waals surface area (Å²) in [6, 6.07) is 1.07. The maximum absolute atomic E-state index is 12.4. The molecule has 0 saturated heterocycles. The van der Waals surface area contributed by atoms with Crippen LogP contribution in [0, 0.1) is 0 Å². The zero-order valence-electron chi connectivity index (χ0n) is 10.9. The van der Waals surface area contributed by atoms with Gasteiger partial charge in [-0.1, -0.05) is 13.3 Å². The van der Waals surface area contributed by atoms with Crippen molar-refractivity contribution in [2.45, 2.75) is 37.6 Å². The molecule has 0 fully saturated rings. The van der Waals surface area contributed by atoms with Crippen LogP contribution >= 0.6 is 27.3 Å². The zero-order valence-corrected chi connectivity index (χ0v) is 14.1. The highest BCUT2D eigenvalue weighted by Crippen LogP contribution is 2.34. The maximum Gasteiger partial charge on any atom is 0.345 e. The molecule has 8 heteroatoms. The first-order valence-electron chi connectivity index (χ1n) is 5.72. The molecular weight excluding hydrogens is 354 g/mol. The highest BCUT2D eigenvalue weighted by atomic mass is 79.9. The number of rotatable bonds is 6. The molecule has 0 spiro atoms. The van der Waals surface area contributed by atoms with E-state index < -0.39 is 16.0 Å². The van der Waals surface area contributed by atoms with Crippen LogP contribution < -0.4 is 0 Å². The Kier molecular flexibility index (Phi) is 5.54. The fraction of sp³-hybridized carbons (Fsp3) is 0.545. The average Bonchev–Trinajstić information content (AvgIpc) is 2.71. The van der Waals surface area contributed by atoms with Gasteiger partial charge in [0.2, 0.25) is 10.0 Å². The molecule has 1 atom stereocenters. The van der Waals surface area contributed by atoms with Crippen molar-refractivity contribution in [3.8, 4) is 0 Å². The second-order valence-corrected chi connectivity index (χ2v) is 8.55. The topological polar surface area (TPSA) is 74.7 Å². The van der Waals surface area contributed by atoms with Crippen molar-refractivity contribution in [3.63, 3.8) is 0 Å². The minimum absolute atomic E-state index is 0.00185. The van der Waals surface area contributed by atoms with E-state index in [1.54, 1.807) is 0 Å². The fourth-order valence-corrected chi connectivity index (χ4v) is 5.37. The molecule has 1 aromatic heterocycles. The van der Waals surface area contributed by atoms with Gasteiger partial charge in [-0.05, 0) is 35.3 Å². The second kappa shape index (κ2) is 6.34. The molecule has 5 nitrogen and oxygen atoms in total. The number of aromatic carboxylic acids is 1. The number of hydrogen-bond acceptors (Lipinski definition) is 4. The van der Waals surface area contributed by atoms with Crippen molar-refractivity contribution in [1.29, 1.82) is 0 Å². The van der Waals surface area contributed by atoms with Crippen molar-refractivity contribution in [3.05, 3.63) is 14.7 Å². The first-order chi connectivity index (χ1) is 8.71. The number of thiophene rings is 1. The minimum atomic E-state index is -3.67. The van der Waals surface area contributed by atoms with E-state index in [1.165, 1.54) is 17.4 Å². The van der Waals surface area contributed by atoms with E-state index in [9.17, 15) is 13.2 Å². The van der Waals surface area contributed by atoms with Crippen molar-refractivity contribution < 1.29 is 18.3 Å². The Hall–Kier alpha value is -0.440. The number of nitrogens with zero attached hydrogens (tertiary/aromatic N) is 1. The van der Waals surface area contributed by atoms with Crippen molar-refractivity contribution in [1.82, 2.24) is 4.31 Å². The number of halogens is 1. The third kappa shape index (κ3) is 3.56. The molecule has 1 rings (SSSR count). The molecular formula is C11H16BrNO4S2. The highest BCUT2D eigenvalue weighted by Gasteiger charge is 2.29. The summed E-state index contributed by atoms with van der Waals surface area (Å²) in [6.45, 7) is 3.82. The van der Waals surface area contributed by atoms with E-state index >= 15 is 0 Å². The molecule has 19 heavy (non-hydrogen) atoms. The van der Waals surface area contributed by atoms with Crippen LogP contribution in [0.1, 0.15) is 36.4 Å². The summed E-state index contributed by atoms with van der Waals surface area (Å²) in [5.41, 5.74) is 0. The van der Waals surface area contributed by atoms with Gasteiger partial charge in [0.15, 0.2) is 0 Å². The quantitative estimate of drug-likeness (QED) is 0.835. The summed E-state index contributed by atoms with van der Waals surface area (Å²) in [5, 5.41) is 8.90. The normalized spacial score (nSPS) is 13.7. The third-order valence-corrected chi connectivity index (χ3v) is 7.06. The van der Waals surface area contributed by atoms with Crippen molar-refractivity contribution in [2.75, 3.05) is 7.05 Å². The summed E-state index contributed by atoms with van der Waals surface area (Å²) in [6.07, 6.45) is 1.63. The van der Waals surface area contributed by atoms with Crippen LogP contribution in [-0.4, -0.2) is 36.9 Å². The van der Waals surface area contributed by atoms with Gasteiger partial charge < -0.3 is 5.11 Å². The van der Waals surface area contributed by atoms with Crippen LogP contribution in [0.4, 0.5) is 0 Å². The summed E-state index contributed by atoms with van der Waals surface area (Å²) < 4.78 is 26.4. The molecule has 1 unspecified atom stereocenters. The van der Waals surface area contributed by atoms with Crippen LogP contribution in [-0.2, 0) is 10.0 Å². The summed E-state index contributed by atoms with van der Waals surface area (Å²) in [7, 11) is -2.16. The van der Waals surface area contributed by atoms with Gasteiger partial charge in [-0.25, -0.2) is 13.2 Å². The lowest BCUT2D eigenvalue weighted by molar-refractivity contribution is 0.0702. The molecule has 1 aromatic rings. The van der Waals surface area contributed by atoms with Gasteiger partial charge in [0.05, 0.1) is 3.79 Å². The number of sulfonamides is 1. The highest BCUT2D eigenvalue weighted by molar-refractivity contribution is 9.11. The fourth-order valence-electron chi connectivity index (χ4n) is 1.62. The van der Waals surface area contributed by atoms with Crippen LogP contribution in [0.5, 0.6) is 0 Å². The molecule has 0 aliphatic heterocycles. The molecule has 0 radical (unpaired) electrons. The molecule has 1 N–H and O–H groups in total. The van der Waals surface area contributed by atoms with Gasteiger partial charge in [-0.3, -0.25) is 0 Å². The summed E-state index contributed by atoms with van der Waals surface area (Å²) in [5.74, 6) is -1.13. The predicted molar refractivity (Wildman–Crippen MR) is 78.3 cm³/mol. The monoisotopic (exact) mass is 369 g/mol. The lowest BCUT2D eigenvalue weighted by atomic mass is 10.2. The van der Waals surface area contributed by atoms with Crippen LogP contribution in [0.25, 0.3) is 0 Å². The molecule has 0 aliphatic rings. The van der Waals surface area contributed by atoms with E-state index in [-0.39, 0.29) is 15.8 Å². The van der Waals surface area contributed by atoms with E-state index in [4.69, 9.17) is 5.11 Å². The number of carboxylic acid groups (broad SMARTS) is 1. The average molecular weight is 370 g/mol. The summed E-state index contributed by atoms with van der Waals surface area (Å²) in [4.78, 5) is 10.9. The molecule has 0 saturated carbocycles. The lowest BCUT2D eigenvalue weighted by Gasteiger charge is -2.23. The summed E-state index contributed by atoms with van der Waals surface area (Å²) >= 11 is 4.03. The minimum Gasteiger partial charge on any atom is -0.477 e. The van der Waals surface area contributed by atoms with Crippen LogP contribution in [0.15, 0.2) is 14.7 Å². The molecule has 0 aliphatic carbocycles. The first kappa shape index (κ1) is 16.6. The van der Waals surface area contributed by atoms with Gasteiger partial charge in [-0.15, -0.1) is 11.3 Å². The molecule has 0 bridgehead atoms. The molecule has 0 amide bonds. The van der Waals surface area contributed by atoms with E-state index in [0.717, 1.165) is 24.2 Å². The van der Waals surface area contributed by atoms with Crippen molar-refractivity contribution in [2.24, 2.45) is 0 Å². The Morgan fingerprint density at radius 1 is 1.58 bits per heavy atom. The number of hydrogen-bond donors (Lipinski definition) is 1. The number of carbonyl (C=O) groups is 1. The maximum atomic E-state index is 12.4. The standard InChI is InChI=1S/C11H16BrNO4S2/c1-4-5-7(2)13(3)19(16,17)9-6-8(11(14)15)18-10(9)12/h6-7H,4-5H2,1-3H3,(H,14,15). The van der Waals surface area contributed by atoms with Crippen LogP contribution in [0.3, 0.4) is 0 Å². The van der Waals surface area contributed by atoms with Gasteiger partial charge in [-0.2, -0.15) is 4.31 Å². The molecule has 108 valence electrons. The van der Waals surface area contributed by atoms with Gasteiger partial charge in [0, 0.05) is 13.1 Å². The zero-order chi connectivity index (χ0) is 14.8. The van der Waals surface area contributed by atoms with Crippen molar-refractivity contribution >= 4 is 43.3 Å². The third-order valence-electron chi connectivity index (χ3n) is 2.85. The SMILES string of the molecule is CCCC(C)N(C)S(=O)(=O)c1cc(C(=O)O)sc1Br. The Labute approximate surface area is 125 Å². The van der Waals surface area contributed by atoms with Crippen LogP contribution in [0.2, 0.25) is 0 Å². The second-order valence-electron chi connectivity index (χ2n) is 4.21. The van der Waals surface area contributed by atoms with Gasteiger partial charge in [0.25, 0.3) is 0 Å². The van der Waals surface area contributed by atoms with Gasteiger partial charge >= 0.3 is 5.97 Å².